The number of fused-ring (bicyclic) bond motifs is 1. The van der Waals surface area contributed by atoms with E-state index in [2.05, 4.69) is 30.2 Å². The molecule has 1 aromatic heterocycles. The van der Waals surface area contributed by atoms with Gasteiger partial charge in [0.2, 0.25) is 0 Å². The second-order valence-electron chi connectivity index (χ2n) is 2.90. The van der Waals surface area contributed by atoms with Crippen LogP contribution in [-0.4, -0.2) is 4.98 Å². The van der Waals surface area contributed by atoms with Crippen LogP contribution in [0.5, 0.6) is 0 Å². The maximum Gasteiger partial charge on any atom is 0.0775 e. The predicted octanol–water partition coefficient (Wildman–Crippen LogP) is 3.39. The van der Waals surface area contributed by atoms with Crippen LogP contribution in [0, 0.1) is 0 Å². The normalized spacial score (nSPS) is 12.0. The SMILES string of the molecule is S/C=C(\S)c1ccc2ccccc2n1. The highest BCUT2D eigenvalue weighted by Gasteiger charge is 1.99. The number of pyridine rings is 1. The fourth-order valence-electron chi connectivity index (χ4n) is 1.27. The predicted molar refractivity (Wildman–Crippen MR) is 67.7 cm³/mol. The Kier molecular flexibility index (Phi) is 2.79. The van der Waals surface area contributed by atoms with Crippen molar-refractivity contribution in [1.82, 2.24) is 4.98 Å². The van der Waals surface area contributed by atoms with E-state index >= 15 is 0 Å². The lowest BCUT2D eigenvalue weighted by molar-refractivity contribution is 1.37. The average Bonchev–Trinajstić information content (AvgIpc) is 2.27. The van der Waals surface area contributed by atoms with Crippen LogP contribution in [0.15, 0.2) is 41.8 Å². The van der Waals surface area contributed by atoms with Gasteiger partial charge in [0.1, 0.15) is 0 Å². The van der Waals surface area contributed by atoms with Crippen LogP contribution in [0.4, 0.5) is 0 Å². The number of hydrogen-bond acceptors (Lipinski definition) is 3. The smallest absolute Gasteiger partial charge is 0.0775 e. The molecule has 0 aliphatic carbocycles. The zero-order chi connectivity index (χ0) is 9.97. The first-order chi connectivity index (χ1) is 6.81. The van der Waals surface area contributed by atoms with Crippen molar-refractivity contribution in [1.29, 1.82) is 0 Å². The Balaban J connectivity index is 2.62. The van der Waals surface area contributed by atoms with Gasteiger partial charge in [0.15, 0.2) is 0 Å². The van der Waals surface area contributed by atoms with Gasteiger partial charge in [0.05, 0.1) is 11.2 Å². The minimum absolute atomic E-state index is 0.777. The number of nitrogens with zero attached hydrogens (tertiary/aromatic N) is 1. The second-order valence-corrected chi connectivity index (χ2v) is 3.64. The van der Waals surface area contributed by atoms with E-state index in [1.54, 1.807) is 5.41 Å². The van der Waals surface area contributed by atoms with Crippen molar-refractivity contribution < 1.29 is 0 Å². The molecule has 0 unspecified atom stereocenters. The van der Waals surface area contributed by atoms with E-state index in [0.717, 1.165) is 21.5 Å². The minimum Gasteiger partial charge on any atom is -0.247 e. The monoisotopic (exact) mass is 219 g/mol. The summed E-state index contributed by atoms with van der Waals surface area (Å²) in [5.74, 6) is 0. The van der Waals surface area contributed by atoms with Crippen LogP contribution in [-0.2, 0) is 0 Å². The number of aromatic nitrogens is 1. The lowest BCUT2D eigenvalue weighted by atomic mass is 10.2. The summed E-state index contributed by atoms with van der Waals surface area (Å²) in [5, 5.41) is 2.77. The molecule has 0 radical (unpaired) electrons. The van der Waals surface area contributed by atoms with Gasteiger partial charge in [0.25, 0.3) is 0 Å². The molecule has 1 heterocycles. The van der Waals surface area contributed by atoms with E-state index < -0.39 is 0 Å². The van der Waals surface area contributed by atoms with Gasteiger partial charge >= 0.3 is 0 Å². The van der Waals surface area contributed by atoms with Crippen LogP contribution in [0.1, 0.15) is 5.69 Å². The quantitative estimate of drug-likeness (QED) is 0.701. The third-order valence-corrected chi connectivity index (χ3v) is 2.80. The van der Waals surface area contributed by atoms with Crippen molar-refractivity contribution in [2.24, 2.45) is 0 Å². The topological polar surface area (TPSA) is 12.9 Å². The largest absolute Gasteiger partial charge is 0.247 e. The Morgan fingerprint density at radius 3 is 2.71 bits per heavy atom. The molecule has 1 aromatic carbocycles. The van der Waals surface area contributed by atoms with Gasteiger partial charge in [-0.1, -0.05) is 24.3 Å². The maximum atomic E-state index is 4.45. The molecule has 0 saturated carbocycles. The summed E-state index contributed by atoms with van der Waals surface area (Å²) in [6, 6.07) is 12.0. The van der Waals surface area contributed by atoms with E-state index in [0.29, 0.717) is 0 Å². The Bertz CT molecular complexity index is 491. The summed E-state index contributed by atoms with van der Waals surface area (Å²) in [6.45, 7) is 0. The summed E-state index contributed by atoms with van der Waals surface area (Å²) in [7, 11) is 0. The van der Waals surface area contributed by atoms with Crippen molar-refractivity contribution in [3.8, 4) is 0 Å². The van der Waals surface area contributed by atoms with Crippen LogP contribution in [0.25, 0.3) is 15.8 Å². The lowest BCUT2D eigenvalue weighted by Crippen LogP contribution is -1.84. The summed E-state index contributed by atoms with van der Waals surface area (Å²) >= 11 is 8.31. The molecular formula is C11H9NS2. The van der Waals surface area contributed by atoms with E-state index in [4.69, 9.17) is 0 Å². The molecule has 0 atom stereocenters. The number of hydrogen-bond donors (Lipinski definition) is 2. The molecule has 14 heavy (non-hydrogen) atoms. The molecule has 0 amide bonds. The number of rotatable bonds is 1. The molecule has 0 spiro atoms. The van der Waals surface area contributed by atoms with Crippen molar-refractivity contribution in [2.75, 3.05) is 0 Å². The summed E-state index contributed by atoms with van der Waals surface area (Å²) in [5.41, 5.74) is 1.83. The number of thiol groups is 2. The molecule has 0 aliphatic heterocycles. The second kappa shape index (κ2) is 4.07. The van der Waals surface area contributed by atoms with Gasteiger partial charge in [-0.25, -0.2) is 4.98 Å². The molecule has 0 aliphatic rings. The molecular weight excluding hydrogens is 210 g/mol. The van der Waals surface area contributed by atoms with Crippen LogP contribution in [0.3, 0.4) is 0 Å². The van der Waals surface area contributed by atoms with Crippen molar-refractivity contribution in [2.45, 2.75) is 0 Å². The molecule has 2 rings (SSSR count). The van der Waals surface area contributed by atoms with Gasteiger partial charge in [-0.15, -0.1) is 12.6 Å². The first-order valence-electron chi connectivity index (χ1n) is 4.21. The Labute approximate surface area is 93.7 Å². The standard InChI is InChI=1S/C11H9NS2/c13-7-11(14)10-6-5-8-3-1-2-4-9(8)12-10/h1-7,13-14H/b11-7-. The Morgan fingerprint density at radius 1 is 1.14 bits per heavy atom. The summed E-state index contributed by atoms with van der Waals surface area (Å²) in [6.07, 6.45) is 0. The van der Waals surface area contributed by atoms with Crippen LogP contribution in [0.2, 0.25) is 0 Å². The minimum atomic E-state index is 0.777. The molecule has 0 N–H and O–H groups in total. The fraction of sp³-hybridized carbons (Fsp3) is 0. The van der Waals surface area contributed by atoms with Crippen molar-refractivity contribution in [3.63, 3.8) is 0 Å². The highest BCUT2D eigenvalue weighted by atomic mass is 32.1. The van der Waals surface area contributed by atoms with E-state index in [1.165, 1.54) is 0 Å². The average molecular weight is 219 g/mol. The number of benzene rings is 1. The van der Waals surface area contributed by atoms with Gasteiger partial charge in [-0.3, -0.25) is 0 Å². The van der Waals surface area contributed by atoms with Crippen molar-refractivity contribution in [3.05, 3.63) is 47.5 Å². The highest BCUT2D eigenvalue weighted by Crippen LogP contribution is 2.20. The summed E-state index contributed by atoms with van der Waals surface area (Å²) < 4.78 is 0. The molecule has 0 saturated heterocycles. The molecule has 1 nitrogen and oxygen atoms in total. The lowest BCUT2D eigenvalue weighted by Gasteiger charge is -2.01. The van der Waals surface area contributed by atoms with E-state index in [-0.39, 0.29) is 0 Å². The highest BCUT2D eigenvalue weighted by molar-refractivity contribution is 7.92. The molecule has 3 heteroatoms. The first kappa shape index (κ1) is 9.62. The van der Waals surface area contributed by atoms with Crippen LogP contribution >= 0.6 is 25.3 Å². The molecule has 0 bridgehead atoms. The van der Waals surface area contributed by atoms with E-state index in [1.807, 2.05) is 36.4 Å². The van der Waals surface area contributed by atoms with Gasteiger partial charge in [-0.05, 0) is 17.5 Å². The summed E-state index contributed by atoms with van der Waals surface area (Å²) in [4.78, 5) is 5.23. The molecule has 2 aromatic rings. The van der Waals surface area contributed by atoms with Gasteiger partial charge in [0, 0.05) is 10.3 Å². The van der Waals surface area contributed by atoms with Gasteiger partial charge in [-0.2, -0.15) is 12.6 Å². The van der Waals surface area contributed by atoms with Crippen molar-refractivity contribution >= 4 is 41.1 Å². The zero-order valence-electron chi connectivity index (χ0n) is 7.38. The zero-order valence-corrected chi connectivity index (χ0v) is 9.17. The maximum absolute atomic E-state index is 4.45. The third-order valence-electron chi connectivity index (χ3n) is 1.98. The third kappa shape index (κ3) is 1.79. The number of para-hydroxylation sites is 1. The Morgan fingerprint density at radius 2 is 1.93 bits per heavy atom. The van der Waals surface area contributed by atoms with Gasteiger partial charge < -0.3 is 0 Å². The molecule has 0 fully saturated rings. The van der Waals surface area contributed by atoms with Crippen LogP contribution < -0.4 is 0 Å². The Hall–Kier alpha value is -0.930. The first-order valence-corrected chi connectivity index (χ1v) is 5.17. The van der Waals surface area contributed by atoms with E-state index in [9.17, 15) is 0 Å². The molecule has 70 valence electrons. The fourth-order valence-corrected chi connectivity index (χ4v) is 1.53.